The van der Waals surface area contributed by atoms with Gasteiger partial charge in [-0.2, -0.15) is 0 Å². The monoisotopic (exact) mass is 172 g/mol. The van der Waals surface area contributed by atoms with Crippen molar-refractivity contribution in [3.05, 3.63) is 0 Å². The Kier molecular flexibility index (Phi) is 8.67. The van der Waals surface area contributed by atoms with Gasteiger partial charge in [-0.15, -0.1) is 0 Å². The third-order valence-electron chi connectivity index (χ3n) is 2.52. The van der Waals surface area contributed by atoms with E-state index in [1.807, 2.05) is 13.8 Å². The second kappa shape index (κ2) is 7.33. The molecule has 0 saturated heterocycles. The first kappa shape index (κ1) is 14.2. The van der Waals surface area contributed by atoms with Crippen molar-refractivity contribution in [2.45, 2.75) is 54.4 Å². The summed E-state index contributed by atoms with van der Waals surface area (Å²) in [6.45, 7) is 12.5. The maximum Gasteiger partial charge on any atom is 0.123 e. The van der Waals surface area contributed by atoms with Crippen molar-refractivity contribution in [1.82, 2.24) is 0 Å². The minimum absolute atomic E-state index is 0.191. The topological polar surface area (TPSA) is 17.1 Å². The Morgan fingerprint density at radius 2 is 1.67 bits per heavy atom. The van der Waals surface area contributed by atoms with Gasteiger partial charge < -0.3 is 4.79 Å². The van der Waals surface area contributed by atoms with Crippen LogP contribution in [0, 0.1) is 11.3 Å². The molecule has 0 aliphatic rings. The van der Waals surface area contributed by atoms with Crippen LogP contribution in [-0.2, 0) is 4.79 Å². The SMILES string of the molecule is CC.CC[C@@H](C=O)C(C)(C)CC. The summed E-state index contributed by atoms with van der Waals surface area (Å²) in [7, 11) is 0. The lowest BCUT2D eigenvalue weighted by Gasteiger charge is -2.28. The van der Waals surface area contributed by atoms with Crippen molar-refractivity contribution in [2.75, 3.05) is 0 Å². The van der Waals surface area contributed by atoms with Gasteiger partial charge in [0.1, 0.15) is 6.29 Å². The van der Waals surface area contributed by atoms with Crippen LogP contribution in [0.4, 0.5) is 0 Å². The van der Waals surface area contributed by atoms with Gasteiger partial charge in [0.2, 0.25) is 0 Å². The molecule has 0 heterocycles. The van der Waals surface area contributed by atoms with Crippen LogP contribution in [0.15, 0.2) is 0 Å². The van der Waals surface area contributed by atoms with E-state index >= 15 is 0 Å². The van der Waals surface area contributed by atoms with E-state index in [4.69, 9.17) is 0 Å². The summed E-state index contributed by atoms with van der Waals surface area (Å²) < 4.78 is 0. The summed E-state index contributed by atoms with van der Waals surface area (Å²) >= 11 is 0. The lowest BCUT2D eigenvalue weighted by Crippen LogP contribution is -2.23. The molecule has 0 unspecified atom stereocenters. The van der Waals surface area contributed by atoms with Crippen LogP contribution >= 0.6 is 0 Å². The minimum Gasteiger partial charge on any atom is -0.303 e. The quantitative estimate of drug-likeness (QED) is 0.591. The molecule has 0 aromatic rings. The van der Waals surface area contributed by atoms with Crippen LogP contribution in [0.3, 0.4) is 0 Å². The standard InChI is InChI=1S/C9H18O.C2H6/c1-5-8(7-10)9(3,4)6-2;1-2/h7-8H,5-6H2,1-4H3;1-2H3/t8-;/m0./s1. The van der Waals surface area contributed by atoms with Gasteiger partial charge in [0, 0.05) is 5.92 Å². The Balaban J connectivity index is 0. The fourth-order valence-electron chi connectivity index (χ4n) is 1.10. The first-order valence-corrected chi connectivity index (χ1v) is 5.03. The second-order valence-corrected chi connectivity index (χ2v) is 3.49. The fraction of sp³-hybridized carbons (Fsp3) is 0.909. The molecule has 0 fully saturated rings. The maximum atomic E-state index is 10.5. The largest absolute Gasteiger partial charge is 0.303 e. The predicted molar refractivity (Wildman–Crippen MR) is 55.3 cm³/mol. The lowest BCUT2D eigenvalue weighted by molar-refractivity contribution is -0.114. The van der Waals surface area contributed by atoms with E-state index < -0.39 is 0 Å². The molecule has 0 aromatic carbocycles. The molecule has 0 aliphatic carbocycles. The van der Waals surface area contributed by atoms with Crippen molar-refractivity contribution < 1.29 is 4.79 Å². The molecule has 1 atom stereocenters. The number of hydrogen-bond acceptors (Lipinski definition) is 1. The molecule has 0 radical (unpaired) electrons. The van der Waals surface area contributed by atoms with Crippen molar-refractivity contribution in [3.8, 4) is 0 Å². The highest BCUT2D eigenvalue weighted by molar-refractivity contribution is 5.54. The first-order valence-electron chi connectivity index (χ1n) is 5.03. The van der Waals surface area contributed by atoms with Gasteiger partial charge in [-0.25, -0.2) is 0 Å². The minimum atomic E-state index is 0.191. The van der Waals surface area contributed by atoms with Crippen molar-refractivity contribution >= 4 is 6.29 Å². The summed E-state index contributed by atoms with van der Waals surface area (Å²) in [5.74, 6) is 0.234. The molecule has 74 valence electrons. The molecule has 1 heteroatoms. The van der Waals surface area contributed by atoms with Gasteiger partial charge in [-0.05, 0) is 11.8 Å². The van der Waals surface area contributed by atoms with Gasteiger partial charge >= 0.3 is 0 Å². The van der Waals surface area contributed by atoms with E-state index in [0.717, 1.165) is 19.1 Å². The van der Waals surface area contributed by atoms with Crippen LogP contribution in [0.25, 0.3) is 0 Å². The number of aldehydes is 1. The Morgan fingerprint density at radius 1 is 1.25 bits per heavy atom. The summed E-state index contributed by atoms with van der Waals surface area (Å²) in [6.07, 6.45) is 3.12. The predicted octanol–water partition coefficient (Wildman–Crippen LogP) is 3.67. The normalized spacial score (nSPS) is 12.8. The second-order valence-electron chi connectivity index (χ2n) is 3.49. The Hall–Kier alpha value is -0.330. The van der Waals surface area contributed by atoms with Crippen molar-refractivity contribution in [1.29, 1.82) is 0 Å². The summed E-state index contributed by atoms with van der Waals surface area (Å²) in [5, 5.41) is 0. The fourth-order valence-corrected chi connectivity index (χ4v) is 1.10. The van der Waals surface area contributed by atoms with E-state index in [9.17, 15) is 4.79 Å². The third-order valence-corrected chi connectivity index (χ3v) is 2.52. The number of carbonyl (C=O) groups excluding carboxylic acids is 1. The van der Waals surface area contributed by atoms with E-state index in [2.05, 4.69) is 27.7 Å². The van der Waals surface area contributed by atoms with Crippen LogP contribution in [0.1, 0.15) is 54.4 Å². The number of hydrogen-bond donors (Lipinski definition) is 0. The molecule has 1 nitrogen and oxygen atoms in total. The average Bonchev–Trinajstić information content (AvgIpc) is 2.10. The molecule has 0 N–H and O–H groups in total. The van der Waals surface area contributed by atoms with Crippen LogP contribution in [-0.4, -0.2) is 6.29 Å². The van der Waals surface area contributed by atoms with Gasteiger partial charge in [-0.3, -0.25) is 0 Å². The maximum absolute atomic E-state index is 10.5. The molecule has 0 aliphatic heterocycles. The molecule has 0 amide bonds. The van der Waals surface area contributed by atoms with Gasteiger partial charge in [0.15, 0.2) is 0 Å². The molecule has 0 spiro atoms. The van der Waals surface area contributed by atoms with Gasteiger partial charge in [0.25, 0.3) is 0 Å². The Morgan fingerprint density at radius 3 is 1.75 bits per heavy atom. The highest BCUT2D eigenvalue weighted by Gasteiger charge is 2.25. The first-order chi connectivity index (χ1) is 5.58. The molecule has 0 rings (SSSR count). The summed E-state index contributed by atoms with van der Waals surface area (Å²) in [5.41, 5.74) is 0.191. The van der Waals surface area contributed by atoms with E-state index in [1.165, 1.54) is 0 Å². The highest BCUT2D eigenvalue weighted by atomic mass is 16.1. The van der Waals surface area contributed by atoms with E-state index in [1.54, 1.807) is 0 Å². The van der Waals surface area contributed by atoms with E-state index in [-0.39, 0.29) is 11.3 Å². The molecule has 12 heavy (non-hydrogen) atoms. The number of rotatable bonds is 4. The Labute approximate surface area is 77.6 Å². The van der Waals surface area contributed by atoms with Crippen molar-refractivity contribution in [2.24, 2.45) is 11.3 Å². The zero-order valence-electron chi connectivity index (χ0n) is 9.48. The van der Waals surface area contributed by atoms with Crippen LogP contribution < -0.4 is 0 Å². The molecule has 0 saturated carbocycles. The summed E-state index contributed by atoms with van der Waals surface area (Å²) in [4.78, 5) is 10.5. The van der Waals surface area contributed by atoms with Gasteiger partial charge in [-0.1, -0.05) is 48.0 Å². The molecular weight excluding hydrogens is 148 g/mol. The van der Waals surface area contributed by atoms with E-state index in [0.29, 0.717) is 0 Å². The van der Waals surface area contributed by atoms with Gasteiger partial charge in [0.05, 0.1) is 0 Å². The lowest BCUT2D eigenvalue weighted by atomic mass is 9.76. The average molecular weight is 172 g/mol. The van der Waals surface area contributed by atoms with Crippen molar-refractivity contribution in [3.63, 3.8) is 0 Å². The van der Waals surface area contributed by atoms with Crippen LogP contribution in [0.2, 0.25) is 0 Å². The summed E-state index contributed by atoms with van der Waals surface area (Å²) in [6, 6.07) is 0. The zero-order chi connectivity index (χ0) is 10.2. The highest BCUT2D eigenvalue weighted by Crippen LogP contribution is 2.30. The smallest absolute Gasteiger partial charge is 0.123 e. The third kappa shape index (κ3) is 4.53. The molecule has 0 bridgehead atoms. The molecular formula is C11H24O. The molecule has 0 aromatic heterocycles. The van der Waals surface area contributed by atoms with Crippen LogP contribution in [0.5, 0.6) is 0 Å². The number of carbonyl (C=O) groups is 1. The Bertz CT molecular complexity index is 106. The zero-order valence-corrected chi connectivity index (χ0v) is 9.48.